The van der Waals surface area contributed by atoms with Crippen LogP contribution in [0.3, 0.4) is 0 Å². The summed E-state index contributed by atoms with van der Waals surface area (Å²) in [6.07, 6.45) is 3.35. The highest BCUT2D eigenvalue weighted by atomic mass is 16.7. The molecule has 3 aromatic rings. The SMILES string of the molecule is N#CC1=C(N)Oc2n[nH]c(-c3ccc4c(c3)OCO4)c2[C@@H]1c1ccncc1. The maximum atomic E-state index is 9.69. The maximum absolute atomic E-state index is 9.69. The van der Waals surface area contributed by atoms with E-state index in [1.165, 1.54) is 0 Å². The Kier molecular flexibility index (Phi) is 3.27. The minimum Gasteiger partial charge on any atom is -0.454 e. The third-order valence-corrected chi connectivity index (χ3v) is 4.64. The van der Waals surface area contributed by atoms with Gasteiger partial charge in [0.15, 0.2) is 11.5 Å². The molecule has 0 amide bonds. The monoisotopic (exact) mass is 359 g/mol. The molecule has 27 heavy (non-hydrogen) atoms. The molecule has 0 bridgehead atoms. The van der Waals surface area contributed by atoms with Crippen molar-refractivity contribution >= 4 is 0 Å². The van der Waals surface area contributed by atoms with E-state index in [4.69, 9.17) is 19.9 Å². The fourth-order valence-corrected chi connectivity index (χ4v) is 3.41. The van der Waals surface area contributed by atoms with Crippen LogP contribution < -0.4 is 19.9 Å². The number of fused-ring (bicyclic) bond motifs is 2. The molecule has 4 heterocycles. The fourth-order valence-electron chi connectivity index (χ4n) is 3.41. The van der Waals surface area contributed by atoms with E-state index in [0.717, 1.165) is 22.4 Å². The van der Waals surface area contributed by atoms with E-state index in [0.29, 0.717) is 23.0 Å². The first kappa shape index (κ1) is 15.3. The van der Waals surface area contributed by atoms with Gasteiger partial charge in [0, 0.05) is 18.0 Å². The van der Waals surface area contributed by atoms with E-state index in [9.17, 15) is 5.26 Å². The predicted molar refractivity (Wildman–Crippen MR) is 93.7 cm³/mol. The van der Waals surface area contributed by atoms with Gasteiger partial charge in [0.25, 0.3) is 0 Å². The average Bonchev–Trinajstić information content (AvgIpc) is 3.33. The van der Waals surface area contributed by atoms with Gasteiger partial charge in [0.05, 0.1) is 17.2 Å². The molecular formula is C19H13N5O3. The van der Waals surface area contributed by atoms with Crippen molar-refractivity contribution < 1.29 is 14.2 Å². The minimum absolute atomic E-state index is 0.0514. The molecule has 0 aliphatic carbocycles. The Hall–Kier alpha value is -3.99. The van der Waals surface area contributed by atoms with Crippen LogP contribution in [-0.4, -0.2) is 22.0 Å². The van der Waals surface area contributed by atoms with Crippen molar-refractivity contribution in [2.24, 2.45) is 5.73 Å². The lowest BCUT2D eigenvalue weighted by Crippen LogP contribution is -2.21. The van der Waals surface area contributed by atoms with Crippen molar-refractivity contribution in [2.75, 3.05) is 6.79 Å². The number of rotatable bonds is 2. The zero-order chi connectivity index (χ0) is 18.4. The Balaban J connectivity index is 1.71. The second-order valence-electron chi connectivity index (χ2n) is 6.09. The number of benzene rings is 1. The lowest BCUT2D eigenvalue weighted by Gasteiger charge is -2.24. The number of ether oxygens (including phenoxy) is 3. The second kappa shape index (κ2) is 5.78. The van der Waals surface area contributed by atoms with Crippen molar-refractivity contribution in [1.82, 2.24) is 15.2 Å². The molecule has 132 valence electrons. The van der Waals surface area contributed by atoms with Gasteiger partial charge in [-0.05, 0) is 35.9 Å². The van der Waals surface area contributed by atoms with Crippen molar-refractivity contribution in [1.29, 1.82) is 5.26 Å². The largest absolute Gasteiger partial charge is 0.454 e. The van der Waals surface area contributed by atoms with Gasteiger partial charge in [0.2, 0.25) is 18.6 Å². The molecule has 1 aromatic carbocycles. The third kappa shape index (κ3) is 2.29. The van der Waals surface area contributed by atoms with Crippen LogP contribution in [0.25, 0.3) is 11.3 Å². The molecule has 0 unspecified atom stereocenters. The molecule has 3 N–H and O–H groups in total. The molecule has 5 rings (SSSR count). The maximum Gasteiger partial charge on any atom is 0.244 e. The van der Waals surface area contributed by atoms with E-state index in [1.807, 2.05) is 30.3 Å². The first-order valence-electron chi connectivity index (χ1n) is 8.22. The molecule has 0 saturated heterocycles. The van der Waals surface area contributed by atoms with Gasteiger partial charge in [-0.1, -0.05) is 0 Å². The molecule has 0 fully saturated rings. The van der Waals surface area contributed by atoms with Crippen LogP contribution >= 0.6 is 0 Å². The zero-order valence-corrected chi connectivity index (χ0v) is 14.0. The van der Waals surface area contributed by atoms with Gasteiger partial charge in [-0.25, -0.2) is 0 Å². The molecule has 2 aliphatic heterocycles. The number of hydrogen-bond acceptors (Lipinski definition) is 7. The average molecular weight is 359 g/mol. The highest BCUT2D eigenvalue weighted by Gasteiger charge is 2.35. The highest BCUT2D eigenvalue weighted by Crippen LogP contribution is 2.46. The van der Waals surface area contributed by atoms with Crippen molar-refractivity contribution in [2.45, 2.75) is 5.92 Å². The standard InChI is InChI=1S/C19H13N5O3/c20-8-12-15(10-3-5-22-6-4-10)16-17(23-24-19(16)27-18(12)21)11-1-2-13-14(7-11)26-9-25-13/h1-7,15H,9,21H2,(H,23,24)/t15-/m1/s1. The number of pyridine rings is 1. The normalized spacial score (nSPS) is 17.2. The number of H-pyrrole nitrogens is 1. The van der Waals surface area contributed by atoms with Crippen molar-refractivity contribution in [3.63, 3.8) is 0 Å². The summed E-state index contributed by atoms with van der Waals surface area (Å²) in [5.74, 6) is 1.33. The van der Waals surface area contributed by atoms with E-state index in [2.05, 4.69) is 21.3 Å². The molecule has 8 heteroatoms. The van der Waals surface area contributed by atoms with E-state index in [1.54, 1.807) is 12.4 Å². The van der Waals surface area contributed by atoms with Gasteiger partial charge in [-0.2, -0.15) is 5.26 Å². The first-order chi connectivity index (χ1) is 13.3. The van der Waals surface area contributed by atoms with Gasteiger partial charge in [0.1, 0.15) is 11.6 Å². The summed E-state index contributed by atoms with van der Waals surface area (Å²) in [6.45, 7) is 0.195. The lowest BCUT2D eigenvalue weighted by atomic mass is 9.83. The number of allylic oxidation sites excluding steroid dienone is 1. The van der Waals surface area contributed by atoms with Crippen LogP contribution in [0.1, 0.15) is 17.0 Å². The summed E-state index contributed by atoms with van der Waals surface area (Å²) in [6, 6.07) is 11.5. The molecule has 0 radical (unpaired) electrons. The number of hydrogen-bond donors (Lipinski definition) is 2. The lowest BCUT2D eigenvalue weighted by molar-refractivity contribution is 0.174. The fraction of sp³-hybridized carbons (Fsp3) is 0.105. The Morgan fingerprint density at radius 3 is 2.78 bits per heavy atom. The van der Waals surface area contributed by atoms with Crippen LogP contribution in [0, 0.1) is 11.3 Å². The minimum atomic E-state index is -0.416. The number of nitrogens with zero attached hydrogens (tertiary/aromatic N) is 3. The topological polar surface area (TPSA) is 119 Å². The van der Waals surface area contributed by atoms with Crippen LogP contribution in [0.4, 0.5) is 0 Å². The Morgan fingerprint density at radius 2 is 1.96 bits per heavy atom. The third-order valence-electron chi connectivity index (χ3n) is 4.64. The predicted octanol–water partition coefficient (Wildman–Crippen LogP) is 2.42. The van der Waals surface area contributed by atoms with Crippen LogP contribution in [0.2, 0.25) is 0 Å². The van der Waals surface area contributed by atoms with Gasteiger partial charge in [-0.15, -0.1) is 5.10 Å². The summed E-state index contributed by atoms with van der Waals surface area (Å²) in [4.78, 5) is 4.06. The number of nitriles is 1. The Morgan fingerprint density at radius 1 is 1.15 bits per heavy atom. The smallest absolute Gasteiger partial charge is 0.244 e. The molecule has 0 saturated carbocycles. The van der Waals surface area contributed by atoms with Crippen LogP contribution in [0.5, 0.6) is 17.4 Å². The molecule has 8 nitrogen and oxygen atoms in total. The van der Waals surface area contributed by atoms with E-state index < -0.39 is 5.92 Å². The van der Waals surface area contributed by atoms with Crippen LogP contribution in [-0.2, 0) is 0 Å². The molecule has 1 atom stereocenters. The second-order valence-corrected chi connectivity index (χ2v) is 6.09. The van der Waals surface area contributed by atoms with Gasteiger partial charge >= 0.3 is 0 Å². The molecule has 2 aromatic heterocycles. The van der Waals surface area contributed by atoms with E-state index >= 15 is 0 Å². The zero-order valence-electron chi connectivity index (χ0n) is 14.0. The van der Waals surface area contributed by atoms with Crippen molar-refractivity contribution in [3.05, 3.63) is 65.3 Å². The number of aromatic amines is 1. The van der Waals surface area contributed by atoms with Gasteiger partial charge < -0.3 is 19.9 Å². The first-order valence-corrected chi connectivity index (χ1v) is 8.22. The summed E-state index contributed by atoms with van der Waals surface area (Å²) in [7, 11) is 0. The van der Waals surface area contributed by atoms with Crippen molar-refractivity contribution in [3.8, 4) is 34.7 Å². The summed E-state index contributed by atoms with van der Waals surface area (Å²) >= 11 is 0. The Bertz CT molecular complexity index is 1110. The number of aromatic nitrogens is 3. The molecule has 0 spiro atoms. The molecule has 2 aliphatic rings. The summed E-state index contributed by atoms with van der Waals surface area (Å²) < 4.78 is 16.5. The summed E-state index contributed by atoms with van der Waals surface area (Å²) in [5.41, 5.74) is 9.50. The van der Waals surface area contributed by atoms with Gasteiger partial charge in [-0.3, -0.25) is 10.1 Å². The number of nitrogens with one attached hydrogen (secondary N) is 1. The highest BCUT2D eigenvalue weighted by molar-refractivity contribution is 5.73. The number of nitrogens with two attached hydrogens (primary N) is 1. The van der Waals surface area contributed by atoms with Crippen LogP contribution in [0.15, 0.2) is 54.2 Å². The molecular weight excluding hydrogens is 346 g/mol. The summed E-state index contributed by atoms with van der Waals surface area (Å²) in [5, 5.41) is 17.0. The quantitative estimate of drug-likeness (QED) is 0.721. The van der Waals surface area contributed by atoms with E-state index in [-0.39, 0.29) is 12.7 Å². The Labute approximate surface area is 153 Å².